The van der Waals surface area contributed by atoms with Gasteiger partial charge in [-0.15, -0.1) is 0 Å². The van der Waals surface area contributed by atoms with Crippen LogP contribution in [-0.2, 0) is 0 Å². The summed E-state index contributed by atoms with van der Waals surface area (Å²) < 4.78 is 5.26. The molecule has 0 aliphatic heterocycles. The molecule has 0 spiro atoms. The Morgan fingerprint density at radius 3 is 2.62 bits per heavy atom. The third-order valence-corrected chi connectivity index (χ3v) is 3.84. The Morgan fingerprint density at radius 2 is 1.90 bits per heavy atom. The number of fused-ring (bicyclic) bond motifs is 1. The monoisotopic (exact) mass is 279 g/mol. The third-order valence-electron chi connectivity index (χ3n) is 3.84. The van der Waals surface area contributed by atoms with Gasteiger partial charge in [0, 0.05) is 27.7 Å². The number of nitrogens with one attached hydrogen (secondary N) is 1. The van der Waals surface area contributed by atoms with Crippen LogP contribution in [-0.4, -0.2) is 18.4 Å². The summed E-state index contributed by atoms with van der Waals surface area (Å²) in [5.41, 5.74) is 5.94. The molecule has 0 aliphatic rings. The lowest BCUT2D eigenvalue weighted by Gasteiger charge is -2.08. The summed E-state index contributed by atoms with van der Waals surface area (Å²) in [4.78, 5) is 14.6. The van der Waals surface area contributed by atoms with Crippen LogP contribution in [0.25, 0.3) is 22.2 Å². The maximum atomic E-state index is 11.2. The third kappa shape index (κ3) is 2.31. The Morgan fingerprint density at radius 1 is 1.10 bits per heavy atom. The highest BCUT2D eigenvalue weighted by molar-refractivity contribution is 5.89. The van der Waals surface area contributed by atoms with Crippen LogP contribution in [0.5, 0.6) is 5.75 Å². The van der Waals surface area contributed by atoms with Gasteiger partial charge in [-0.25, -0.2) is 0 Å². The van der Waals surface area contributed by atoms with Gasteiger partial charge < -0.3 is 9.72 Å². The van der Waals surface area contributed by atoms with Crippen molar-refractivity contribution >= 4 is 17.2 Å². The number of aromatic amines is 1. The van der Waals surface area contributed by atoms with Crippen molar-refractivity contribution in [3.63, 3.8) is 0 Å². The largest absolute Gasteiger partial charge is 0.497 e. The van der Waals surface area contributed by atoms with Crippen molar-refractivity contribution in [1.82, 2.24) is 4.98 Å². The minimum Gasteiger partial charge on any atom is -0.497 e. The second-order valence-electron chi connectivity index (χ2n) is 5.28. The maximum absolute atomic E-state index is 11.2. The molecule has 3 aromatic rings. The second kappa shape index (κ2) is 5.09. The summed E-state index contributed by atoms with van der Waals surface area (Å²) >= 11 is 0. The van der Waals surface area contributed by atoms with Crippen molar-refractivity contribution in [1.29, 1.82) is 0 Å². The first-order chi connectivity index (χ1) is 10.1. The van der Waals surface area contributed by atoms with Crippen LogP contribution in [0.15, 0.2) is 36.4 Å². The minimum absolute atomic E-state index is 0.737. The molecule has 1 heterocycles. The second-order valence-corrected chi connectivity index (χ2v) is 5.28. The van der Waals surface area contributed by atoms with E-state index < -0.39 is 0 Å². The standard InChI is InChI=1S/C18H17NO2/c1-11-6-14(10-20)12(2)16(7-11)18-9-13-8-15(21-3)4-5-17(13)19-18/h4-10,19H,1-3H3. The van der Waals surface area contributed by atoms with Crippen molar-refractivity contribution in [2.24, 2.45) is 0 Å². The number of H-pyrrole nitrogens is 1. The number of carbonyl (C=O) groups excluding carboxylic acids is 1. The summed E-state index contributed by atoms with van der Waals surface area (Å²) in [5, 5.41) is 1.10. The number of rotatable bonds is 3. The molecule has 0 saturated heterocycles. The summed E-state index contributed by atoms with van der Waals surface area (Å²) in [6.45, 7) is 3.98. The predicted octanol–water partition coefficient (Wildman–Crippen LogP) is 4.27. The molecule has 0 saturated carbocycles. The van der Waals surface area contributed by atoms with Crippen molar-refractivity contribution in [3.05, 3.63) is 53.1 Å². The molecular weight excluding hydrogens is 262 g/mol. The predicted molar refractivity (Wildman–Crippen MR) is 85.1 cm³/mol. The highest BCUT2D eigenvalue weighted by atomic mass is 16.5. The number of hydrogen-bond acceptors (Lipinski definition) is 2. The van der Waals surface area contributed by atoms with Crippen LogP contribution < -0.4 is 4.74 Å². The minimum atomic E-state index is 0.737. The Kier molecular flexibility index (Phi) is 3.26. The molecule has 1 aromatic heterocycles. The van der Waals surface area contributed by atoms with E-state index in [2.05, 4.69) is 17.1 Å². The smallest absolute Gasteiger partial charge is 0.150 e. The Bertz CT molecular complexity index is 831. The van der Waals surface area contributed by atoms with Crippen LogP contribution in [0.3, 0.4) is 0 Å². The maximum Gasteiger partial charge on any atom is 0.150 e. The first-order valence-corrected chi connectivity index (χ1v) is 6.86. The van der Waals surface area contributed by atoms with Gasteiger partial charge in [-0.1, -0.05) is 0 Å². The van der Waals surface area contributed by atoms with Gasteiger partial charge in [-0.2, -0.15) is 0 Å². The molecule has 0 bridgehead atoms. The van der Waals surface area contributed by atoms with Crippen LogP contribution in [0.1, 0.15) is 21.5 Å². The molecule has 3 heteroatoms. The number of aromatic nitrogens is 1. The SMILES string of the molecule is COc1ccc2[nH]c(-c3cc(C)cc(C=O)c3C)cc2c1. The number of aryl methyl sites for hydroxylation is 1. The molecule has 106 valence electrons. The fourth-order valence-corrected chi connectivity index (χ4v) is 2.67. The Hall–Kier alpha value is -2.55. The van der Waals surface area contributed by atoms with Crippen molar-refractivity contribution in [2.45, 2.75) is 13.8 Å². The first kappa shape index (κ1) is 13.4. The number of methoxy groups -OCH3 is 1. The first-order valence-electron chi connectivity index (χ1n) is 6.86. The van der Waals surface area contributed by atoms with Gasteiger partial charge in [0.1, 0.15) is 12.0 Å². The van der Waals surface area contributed by atoms with E-state index in [-0.39, 0.29) is 0 Å². The van der Waals surface area contributed by atoms with Gasteiger partial charge in [-0.05, 0) is 61.4 Å². The van der Waals surface area contributed by atoms with E-state index in [0.29, 0.717) is 0 Å². The van der Waals surface area contributed by atoms with Gasteiger partial charge >= 0.3 is 0 Å². The van der Waals surface area contributed by atoms with Gasteiger partial charge in [-0.3, -0.25) is 4.79 Å². The summed E-state index contributed by atoms with van der Waals surface area (Å²) in [6, 6.07) is 12.0. The molecule has 21 heavy (non-hydrogen) atoms. The van der Waals surface area contributed by atoms with E-state index in [1.54, 1.807) is 7.11 Å². The van der Waals surface area contributed by atoms with Crippen LogP contribution in [0.4, 0.5) is 0 Å². The molecule has 3 rings (SSSR count). The van der Waals surface area contributed by atoms with Crippen molar-refractivity contribution < 1.29 is 9.53 Å². The fourth-order valence-electron chi connectivity index (χ4n) is 2.67. The highest BCUT2D eigenvalue weighted by Gasteiger charge is 2.10. The van der Waals surface area contributed by atoms with Crippen LogP contribution in [0, 0.1) is 13.8 Å². The Balaban J connectivity index is 2.20. The van der Waals surface area contributed by atoms with E-state index in [9.17, 15) is 4.79 Å². The fraction of sp³-hybridized carbons (Fsp3) is 0.167. The number of benzene rings is 2. The highest BCUT2D eigenvalue weighted by Crippen LogP contribution is 2.30. The number of ether oxygens (including phenoxy) is 1. The molecule has 1 N–H and O–H groups in total. The summed E-state index contributed by atoms with van der Waals surface area (Å²) in [7, 11) is 1.66. The molecule has 0 atom stereocenters. The van der Waals surface area contributed by atoms with E-state index in [4.69, 9.17) is 4.74 Å². The van der Waals surface area contributed by atoms with Crippen LogP contribution >= 0.6 is 0 Å². The lowest BCUT2D eigenvalue weighted by molar-refractivity contribution is 0.112. The molecule has 0 amide bonds. The van der Waals surface area contributed by atoms with Crippen LogP contribution in [0.2, 0.25) is 0 Å². The molecule has 2 aromatic carbocycles. The average molecular weight is 279 g/mol. The van der Waals surface area contributed by atoms with Gasteiger partial charge in [0.25, 0.3) is 0 Å². The van der Waals surface area contributed by atoms with Gasteiger partial charge in [0.15, 0.2) is 0 Å². The molecular formula is C18H17NO2. The molecule has 0 fully saturated rings. The zero-order valence-corrected chi connectivity index (χ0v) is 12.4. The van der Waals surface area contributed by atoms with Crippen molar-refractivity contribution in [2.75, 3.05) is 7.11 Å². The van der Waals surface area contributed by atoms with E-state index >= 15 is 0 Å². The average Bonchev–Trinajstić information content (AvgIpc) is 2.91. The quantitative estimate of drug-likeness (QED) is 0.727. The summed E-state index contributed by atoms with van der Waals surface area (Å²) in [5.74, 6) is 0.836. The van der Waals surface area contributed by atoms with E-state index in [0.717, 1.165) is 50.9 Å². The topological polar surface area (TPSA) is 42.1 Å². The van der Waals surface area contributed by atoms with E-state index in [1.807, 2.05) is 38.1 Å². The number of carbonyl (C=O) groups is 1. The lowest BCUT2D eigenvalue weighted by Crippen LogP contribution is -1.92. The van der Waals surface area contributed by atoms with Crippen molar-refractivity contribution in [3.8, 4) is 17.0 Å². The number of aldehydes is 1. The number of hydrogen-bond donors (Lipinski definition) is 1. The molecule has 0 unspecified atom stereocenters. The molecule has 3 nitrogen and oxygen atoms in total. The van der Waals surface area contributed by atoms with Gasteiger partial charge in [0.05, 0.1) is 7.11 Å². The van der Waals surface area contributed by atoms with Gasteiger partial charge in [0.2, 0.25) is 0 Å². The normalized spacial score (nSPS) is 10.8. The zero-order valence-electron chi connectivity index (χ0n) is 12.4. The lowest BCUT2D eigenvalue weighted by atomic mass is 9.98. The Labute approximate surface area is 123 Å². The molecule has 0 aliphatic carbocycles. The summed E-state index contributed by atoms with van der Waals surface area (Å²) in [6.07, 6.45) is 0.914. The molecule has 0 radical (unpaired) electrons. The zero-order chi connectivity index (χ0) is 15.0. The van der Waals surface area contributed by atoms with E-state index in [1.165, 1.54) is 0 Å².